The topological polar surface area (TPSA) is 41.1 Å². The van der Waals surface area contributed by atoms with E-state index in [4.69, 9.17) is 23.2 Å². The molecule has 1 amide bonds. The SMILES string of the molecule is CC(C)(C)NCCC(=O)Nc1cc(Cl)c(F)c(Cl)c1. The van der Waals surface area contributed by atoms with Crippen molar-refractivity contribution >= 4 is 34.8 Å². The van der Waals surface area contributed by atoms with Gasteiger partial charge >= 0.3 is 0 Å². The molecular formula is C13H17Cl2FN2O. The molecule has 6 heteroatoms. The Hall–Kier alpha value is -0.840. The van der Waals surface area contributed by atoms with Gasteiger partial charge in [-0.1, -0.05) is 23.2 Å². The molecule has 0 saturated heterocycles. The van der Waals surface area contributed by atoms with E-state index in [2.05, 4.69) is 10.6 Å². The summed E-state index contributed by atoms with van der Waals surface area (Å²) in [6, 6.07) is 2.66. The fourth-order valence-electron chi connectivity index (χ4n) is 1.40. The molecular weight excluding hydrogens is 290 g/mol. The fourth-order valence-corrected chi connectivity index (χ4v) is 1.89. The van der Waals surface area contributed by atoms with E-state index in [9.17, 15) is 9.18 Å². The summed E-state index contributed by atoms with van der Waals surface area (Å²) in [5, 5.41) is 5.59. The van der Waals surface area contributed by atoms with Crippen LogP contribution in [0.4, 0.5) is 10.1 Å². The molecule has 0 fully saturated rings. The maximum Gasteiger partial charge on any atom is 0.225 e. The van der Waals surface area contributed by atoms with Crippen molar-refractivity contribution in [1.82, 2.24) is 5.32 Å². The van der Waals surface area contributed by atoms with Crippen LogP contribution < -0.4 is 10.6 Å². The molecule has 0 heterocycles. The van der Waals surface area contributed by atoms with Crippen molar-refractivity contribution < 1.29 is 9.18 Å². The van der Waals surface area contributed by atoms with Crippen LogP contribution in [0.25, 0.3) is 0 Å². The average Bonchev–Trinajstić information content (AvgIpc) is 2.23. The number of hydrogen-bond acceptors (Lipinski definition) is 2. The van der Waals surface area contributed by atoms with Gasteiger partial charge in [0.05, 0.1) is 10.0 Å². The van der Waals surface area contributed by atoms with Crippen LogP contribution in [0.2, 0.25) is 10.0 Å². The number of amides is 1. The number of hydrogen-bond donors (Lipinski definition) is 2. The zero-order valence-corrected chi connectivity index (χ0v) is 12.6. The largest absolute Gasteiger partial charge is 0.326 e. The summed E-state index contributed by atoms with van der Waals surface area (Å²) in [6.45, 7) is 6.61. The molecule has 0 radical (unpaired) electrons. The summed E-state index contributed by atoms with van der Waals surface area (Å²) in [6.07, 6.45) is 0.309. The zero-order chi connectivity index (χ0) is 14.6. The molecule has 0 aromatic heterocycles. The molecule has 3 nitrogen and oxygen atoms in total. The molecule has 19 heavy (non-hydrogen) atoms. The van der Waals surface area contributed by atoms with E-state index in [1.54, 1.807) is 0 Å². The lowest BCUT2D eigenvalue weighted by Crippen LogP contribution is -2.37. The van der Waals surface area contributed by atoms with Crippen LogP contribution in [0.1, 0.15) is 27.2 Å². The van der Waals surface area contributed by atoms with Gasteiger partial charge in [-0.05, 0) is 32.9 Å². The molecule has 1 aromatic carbocycles. The van der Waals surface area contributed by atoms with Gasteiger partial charge in [0, 0.05) is 24.2 Å². The second-order valence-corrected chi connectivity index (χ2v) is 6.04. The van der Waals surface area contributed by atoms with Gasteiger partial charge in [-0.15, -0.1) is 0 Å². The average molecular weight is 307 g/mol. The Bertz CT molecular complexity index is 449. The third-order valence-electron chi connectivity index (χ3n) is 2.27. The molecule has 0 atom stereocenters. The first-order chi connectivity index (χ1) is 8.69. The second-order valence-electron chi connectivity index (χ2n) is 5.23. The van der Waals surface area contributed by atoms with E-state index < -0.39 is 5.82 Å². The van der Waals surface area contributed by atoms with E-state index in [0.29, 0.717) is 18.7 Å². The summed E-state index contributed by atoms with van der Waals surface area (Å²) in [5.41, 5.74) is 0.347. The number of nitrogens with one attached hydrogen (secondary N) is 2. The normalized spacial score (nSPS) is 11.5. The highest BCUT2D eigenvalue weighted by Gasteiger charge is 2.11. The minimum Gasteiger partial charge on any atom is -0.326 e. The van der Waals surface area contributed by atoms with Crippen LogP contribution in [0.5, 0.6) is 0 Å². The highest BCUT2D eigenvalue weighted by molar-refractivity contribution is 6.35. The van der Waals surface area contributed by atoms with E-state index in [1.807, 2.05) is 20.8 Å². The summed E-state index contributed by atoms with van der Waals surface area (Å²) in [7, 11) is 0. The van der Waals surface area contributed by atoms with Crippen LogP contribution in [0, 0.1) is 5.82 Å². The summed E-state index contributed by atoms with van der Waals surface area (Å²) >= 11 is 11.3. The monoisotopic (exact) mass is 306 g/mol. The van der Waals surface area contributed by atoms with E-state index in [0.717, 1.165) is 0 Å². The van der Waals surface area contributed by atoms with Gasteiger partial charge in [-0.25, -0.2) is 4.39 Å². The predicted molar refractivity (Wildman–Crippen MR) is 77.4 cm³/mol. The minimum absolute atomic E-state index is 0.0389. The number of benzene rings is 1. The quantitative estimate of drug-likeness (QED) is 0.830. The maximum absolute atomic E-state index is 13.2. The zero-order valence-electron chi connectivity index (χ0n) is 11.1. The van der Waals surface area contributed by atoms with E-state index in [-0.39, 0.29) is 21.5 Å². The Labute approximate surface area is 122 Å². The third kappa shape index (κ3) is 5.76. The molecule has 0 saturated carbocycles. The Morgan fingerprint density at radius 3 is 2.26 bits per heavy atom. The van der Waals surface area contributed by atoms with Crippen molar-refractivity contribution in [1.29, 1.82) is 0 Å². The molecule has 106 valence electrons. The maximum atomic E-state index is 13.2. The lowest BCUT2D eigenvalue weighted by atomic mass is 10.1. The van der Waals surface area contributed by atoms with Gasteiger partial charge < -0.3 is 10.6 Å². The van der Waals surface area contributed by atoms with Crippen LogP contribution in [-0.2, 0) is 4.79 Å². The van der Waals surface area contributed by atoms with Gasteiger partial charge in [0.25, 0.3) is 0 Å². The van der Waals surface area contributed by atoms with Crippen molar-refractivity contribution in [3.05, 3.63) is 28.0 Å². The van der Waals surface area contributed by atoms with Crippen LogP contribution in [0.15, 0.2) is 12.1 Å². The summed E-state index contributed by atoms with van der Waals surface area (Å²) in [5.74, 6) is -0.869. The molecule has 0 unspecified atom stereocenters. The van der Waals surface area contributed by atoms with Crippen molar-refractivity contribution in [3.63, 3.8) is 0 Å². The second kappa shape index (κ2) is 6.55. The molecule has 2 N–H and O–H groups in total. The minimum atomic E-state index is -0.685. The van der Waals surface area contributed by atoms with Gasteiger partial charge in [-0.2, -0.15) is 0 Å². The predicted octanol–water partition coefficient (Wildman–Crippen LogP) is 3.85. The standard InChI is InChI=1S/C13H17Cl2FN2O/c1-13(2,3)17-5-4-11(19)18-8-6-9(14)12(16)10(15)7-8/h6-7,17H,4-5H2,1-3H3,(H,18,19). The Morgan fingerprint density at radius 2 is 1.79 bits per heavy atom. The van der Waals surface area contributed by atoms with Gasteiger partial charge in [0.15, 0.2) is 5.82 Å². The lowest BCUT2D eigenvalue weighted by molar-refractivity contribution is -0.116. The first kappa shape index (κ1) is 16.2. The molecule has 0 aliphatic rings. The number of carbonyl (C=O) groups excluding carboxylic acids is 1. The Balaban J connectivity index is 2.53. The molecule has 0 spiro atoms. The van der Waals surface area contributed by atoms with Crippen molar-refractivity contribution in [2.75, 3.05) is 11.9 Å². The molecule has 0 bridgehead atoms. The van der Waals surface area contributed by atoms with Crippen LogP contribution in [-0.4, -0.2) is 18.0 Å². The number of halogens is 3. The smallest absolute Gasteiger partial charge is 0.225 e. The number of anilines is 1. The highest BCUT2D eigenvalue weighted by atomic mass is 35.5. The molecule has 0 aliphatic heterocycles. The number of carbonyl (C=O) groups is 1. The first-order valence-corrected chi connectivity index (χ1v) is 6.64. The highest BCUT2D eigenvalue weighted by Crippen LogP contribution is 2.27. The van der Waals surface area contributed by atoms with Crippen molar-refractivity contribution in [2.24, 2.45) is 0 Å². The van der Waals surface area contributed by atoms with E-state index >= 15 is 0 Å². The first-order valence-electron chi connectivity index (χ1n) is 5.88. The molecule has 0 aliphatic carbocycles. The Morgan fingerprint density at radius 1 is 1.26 bits per heavy atom. The van der Waals surface area contributed by atoms with Crippen LogP contribution >= 0.6 is 23.2 Å². The lowest BCUT2D eigenvalue weighted by Gasteiger charge is -2.20. The van der Waals surface area contributed by atoms with E-state index in [1.165, 1.54) is 12.1 Å². The summed E-state index contributed by atoms with van der Waals surface area (Å²) in [4.78, 5) is 11.7. The van der Waals surface area contributed by atoms with Gasteiger partial charge in [0.1, 0.15) is 0 Å². The summed E-state index contributed by atoms with van der Waals surface area (Å²) < 4.78 is 13.2. The molecule has 1 aromatic rings. The Kier molecular flexibility index (Phi) is 5.59. The van der Waals surface area contributed by atoms with Gasteiger partial charge in [-0.3, -0.25) is 4.79 Å². The van der Waals surface area contributed by atoms with Gasteiger partial charge in [0.2, 0.25) is 5.91 Å². The fraction of sp³-hybridized carbons (Fsp3) is 0.462. The molecule has 1 rings (SSSR count). The third-order valence-corrected chi connectivity index (χ3v) is 2.83. The number of rotatable bonds is 4. The van der Waals surface area contributed by atoms with Crippen molar-refractivity contribution in [2.45, 2.75) is 32.7 Å². The van der Waals surface area contributed by atoms with Crippen LogP contribution in [0.3, 0.4) is 0 Å². The van der Waals surface area contributed by atoms with Crippen molar-refractivity contribution in [3.8, 4) is 0 Å².